The average molecular weight is 278 g/mol. The molecular formula is C12H12BrN3. The second kappa shape index (κ2) is 5.13. The van der Waals surface area contributed by atoms with E-state index in [1.54, 1.807) is 0 Å². The summed E-state index contributed by atoms with van der Waals surface area (Å²) in [5.74, 6) is 0.988. The molecule has 1 aliphatic heterocycles. The van der Waals surface area contributed by atoms with Gasteiger partial charge in [-0.05, 0) is 34.5 Å². The molecule has 0 bridgehead atoms. The SMILES string of the molecule is N#CCC1=CCN(c2cccc(Br)n2)CC1. The largest absolute Gasteiger partial charge is 0.353 e. The fourth-order valence-corrected chi connectivity index (χ4v) is 2.09. The number of pyridine rings is 1. The van der Waals surface area contributed by atoms with E-state index in [2.05, 4.69) is 38.0 Å². The fraction of sp³-hybridized carbons (Fsp3) is 0.333. The Morgan fingerprint density at radius 1 is 1.50 bits per heavy atom. The van der Waals surface area contributed by atoms with Crippen molar-refractivity contribution in [2.45, 2.75) is 12.8 Å². The predicted molar refractivity (Wildman–Crippen MR) is 67.1 cm³/mol. The molecule has 0 spiro atoms. The Morgan fingerprint density at radius 2 is 2.38 bits per heavy atom. The molecule has 0 N–H and O–H groups in total. The van der Waals surface area contributed by atoms with Gasteiger partial charge in [-0.1, -0.05) is 17.7 Å². The van der Waals surface area contributed by atoms with Gasteiger partial charge in [0.25, 0.3) is 0 Å². The van der Waals surface area contributed by atoms with E-state index >= 15 is 0 Å². The molecule has 0 amide bonds. The van der Waals surface area contributed by atoms with Crippen LogP contribution in [0, 0.1) is 11.3 Å². The molecular weight excluding hydrogens is 266 g/mol. The summed E-state index contributed by atoms with van der Waals surface area (Å²) in [6.07, 6.45) is 3.65. The lowest BCUT2D eigenvalue weighted by atomic mass is 10.1. The van der Waals surface area contributed by atoms with Crippen LogP contribution < -0.4 is 4.90 Å². The van der Waals surface area contributed by atoms with Crippen molar-refractivity contribution in [2.24, 2.45) is 0 Å². The van der Waals surface area contributed by atoms with E-state index in [9.17, 15) is 0 Å². The van der Waals surface area contributed by atoms with E-state index in [1.807, 2.05) is 18.2 Å². The van der Waals surface area contributed by atoms with Crippen LogP contribution >= 0.6 is 15.9 Å². The molecule has 0 unspecified atom stereocenters. The number of hydrogen-bond acceptors (Lipinski definition) is 3. The van der Waals surface area contributed by atoms with Gasteiger partial charge in [-0.15, -0.1) is 0 Å². The lowest BCUT2D eigenvalue weighted by Crippen LogP contribution is -2.29. The maximum Gasteiger partial charge on any atom is 0.130 e. The fourth-order valence-electron chi connectivity index (χ4n) is 1.76. The molecule has 0 aromatic carbocycles. The van der Waals surface area contributed by atoms with Gasteiger partial charge in [-0.25, -0.2) is 4.98 Å². The summed E-state index contributed by atoms with van der Waals surface area (Å²) in [5.41, 5.74) is 1.24. The quantitative estimate of drug-likeness (QED) is 0.617. The van der Waals surface area contributed by atoms with Crippen LogP contribution in [0.3, 0.4) is 0 Å². The molecule has 82 valence electrons. The minimum atomic E-state index is 0.555. The first kappa shape index (κ1) is 11.2. The zero-order valence-electron chi connectivity index (χ0n) is 8.86. The van der Waals surface area contributed by atoms with Crippen LogP contribution in [0.2, 0.25) is 0 Å². The molecule has 0 fully saturated rings. The smallest absolute Gasteiger partial charge is 0.130 e. The van der Waals surface area contributed by atoms with Gasteiger partial charge in [-0.3, -0.25) is 0 Å². The highest BCUT2D eigenvalue weighted by atomic mass is 79.9. The normalized spacial score (nSPS) is 15.5. The number of nitriles is 1. The second-order valence-electron chi connectivity index (χ2n) is 3.71. The van der Waals surface area contributed by atoms with Crippen LogP contribution in [-0.4, -0.2) is 18.1 Å². The van der Waals surface area contributed by atoms with Crippen molar-refractivity contribution in [1.82, 2.24) is 4.98 Å². The Bertz CT molecular complexity index is 448. The lowest BCUT2D eigenvalue weighted by molar-refractivity contribution is 0.763. The van der Waals surface area contributed by atoms with E-state index in [1.165, 1.54) is 5.57 Å². The summed E-state index contributed by atoms with van der Waals surface area (Å²) in [6.45, 7) is 1.79. The first-order chi connectivity index (χ1) is 7.79. The van der Waals surface area contributed by atoms with Crippen molar-refractivity contribution < 1.29 is 0 Å². The zero-order chi connectivity index (χ0) is 11.4. The molecule has 0 atom stereocenters. The van der Waals surface area contributed by atoms with E-state index in [4.69, 9.17) is 5.26 Å². The maximum absolute atomic E-state index is 8.61. The minimum absolute atomic E-state index is 0.555. The van der Waals surface area contributed by atoms with Crippen molar-refractivity contribution in [3.63, 3.8) is 0 Å². The van der Waals surface area contributed by atoms with Crippen molar-refractivity contribution >= 4 is 21.7 Å². The van der Waals surface area contributed by atoms with E-state index < -0.39 is 0 Å². The lowest BCUT2D eigenvalue weighted by Gasteiger charge is -2.26. The first-order valence-electron chi connectivity index (χ1n) is 5.22. The number of anilines is 1. The highest BCUT2D eigenvalue weighted by Crippen LogP contribution is 2.20. The van der Waals surface area contributed by atoms with Crippen molar-refractivity contribution in [3.05, 3.63) is 34.5 Å². The summed E-state index contributed by atoms with van der Waals surface area (Å²) in [5, 5.41) is 8.61. The minimum Gasteiger partial charge on any atom is -0.353 e. The molecule has 0 saturated carbocycles. The third kappa shape index (κ3) is 2.61. The van der Waals surface area contributed by atoms with Crippen LogP contribution in [0.5, 0.6) is 0 Å². The number of rotatable bonds is 2. The molecule has 4 heteroatoms. The van der Waals surface area contributed by atoms with Gasteiger partial charge in [0.2, 0.25) is 0 Å². The summed E-state index contributed by atoms with van der Waals surface area (Å²) in [6, 6.07) is 8.11. The summed E-state index contributed by atoms with van der Waals surface area (Å²) in [7, 11) is 0. The van der Waals surface area contributed by atoms with Crippen LogP contribution in [0.15, 0.2) is 34.5 Å². The second-order valence-corrected chi connectivity index (χ2v) is 4.52. The molecule has 3 nitrogen and oxygen atoms in total. The number of aromatic nitrogens is 1. The average Bonchev–Trinajstić information content (AvgIpc) is 2.30. The Balaban J connectivity index is 2.07. The molecule has 1 aliphatic rings. The third-order valence-electron chi connectivity index (χ3n) is 2.63. The van der Waals surface area contributed by atoms with Gasteiger partial charge in [-0.2, -0.15) is 5.26 Å². The maximum atomic E-state index is 8.61. The van der Waals surface area contributed by atoms with Crippen molar-refractivity contribution in [3.8, 4) is 6.07 Å². The topological polar surface area (TPSA) is 39.9 Å². The highest BCUT2D eigenvalue weighted by Gasteiger charge is 2.12. The molecule has 1 aromatic rings. The van der Waals surface area contributed by atoms with Crippen LogP contribution in [0.4, 0.5) is 5.82 Å². The molecule has 0 aliphatic carbocycles. The summed E-state index contributed by atoms with van der Waals surface area (Å²) in [4.78, 5) is 6.63. The zero-order valence-corrected chi connectivity index (χ0v) is 10.4. The Morgan fingerprint density at radius 3 is 3.00 bits per heavy atom. The number of hydrogen-bond donors (Lipinski definition) is 0. The predicted octanol–water partition coefficient (Wildman–Crippen LogP) is 2.89. The Kier molecular flexibility index (Phi) is 3.58. The van der Waals surface area contributed by atoms with Gasteiger partial charge in [0.1, 0.15) is 10.4 Å². The molecule has 0 radical (unpaired) electrons. The van der Waals surface area contributed by atoms with Crippen LogP contribution in [0.1, 0.15) is 12.8 Å². The molecule has 16 heavy (non-hydrogen) atoms. The van der Waals surface area contributed by atoms with Gasteiger partial charge >= 0.3 is 0 Å². The third-order valence-corrected chi connectivity index (χ3v) is 3.08. The first-order valence-corrected chi connectivity index (χ1v) is 6.01. The van der Waals surface area contributed by atoms with Crippen LogP contribution in [0.25, 0.3) is 0 Å². The summed E-state index contributed by atoms with van der Waals surface area (Å²) < 4.78 is 0.858. The van der Waals surface area contributed by atoms with Gasteiger partial charge in [0.15, 0.2) is 0 Å². The molecule has 2 heterocycles. The molecule has 0 saturated heterocycles. The van der Waals surface area contributed by atoms with E-state index in [0.29, 0.717) is 6.42 Å². The molecule has 1 aromatic heterocycles. The highest BCUT2D eigenvalue weighted by molar-refractivity contribution is 9.10. The van der Waals surface area contributed by atoms with Crippen LogP contribution in [-0.2, 0) is 0 Å². The Labute approximate surface area is 104 Å². The monoisotopic (exact) mass is 277 g/mol. The number of halogens is 1. The van der Waals surface area contributed by atoms with Crippen molar-refractivity contribution in [2.75, 3.05) is 18.0 Å². The number of nitrogens with zero attached hydrogens (tertiary/aromatic N) is 3. The Hall–Kier alpha value is -1.34. The summed E-state index contributed by atoms with van der Waals surface area (Å²) >= 11 is 3.37. The van der Waals surface area contributed by atoms with E-state index in [0.717, 1.165) is 29.9 Å². The van der Waals surface area contributed by atoms with Gasteiger partial charge in [0, 0.05) is 13.1 Å². The van der Waals surface area contributed by atoms with Gasteiger partial charge < -0.3 is 4.90 Å². The van der Waals surface area contributed by atoms with Gasteiger partial charge in [0.05, 0.1) is 12.5 Å². The standard InChI is InChI=1S/C12H12BrN3/c13-11-2-1-3-12(15-11)16-8-5-10(4-7-14)6-9-16/h1-3,5H,4,6,8-9H2. The van der Waals surface area contributed by atoms with Crippen molar-refractivity contribution in [1.29, 1.82) is 5.26 Å². The van der Waals surface area contributed by atoms with E-state index in [-0.39, 0.29) is 0 Å². The molecule has 2 rings (SSSR count).